The lowest BCUT2D eigenvalue weighted by Crippen LogP contribution is -2.32. The number of benzene rings is 6. The molecule has 0 aromatic heterocycles. The van der Waals surface area contributed by atoms with Gasteiger partial charge in [-0.15, -0.1) is 0 Å². The van der Waals surface area contributed by atoms with Crippen LogP contribution in [0.15, 0.2) is 109 Å². The van der Waals surface area contributed by atoms with Crippen LogP contribution in [0.3, 0.4) is 0 Å². The standard InChI is InChI=1S/C52H55O5P/c1-33(31-52(2,3)4)32-58(53,50-36(29-44-46(54-5)19-13-20-47(44)55-6)23-25-40-38-17-11-9-15-34(38)27-42(40)50)51-37(30-45-48(56-7)21-14-22-49(45)57-8)24-26-41-39-18-12-10-16-35(39)28-43(41)51/h9-26,33H,27-32H2,1-8H3. The van der Waals surface area contributed by atoms with Crippen molar-refractivity contribution in [1.82, 2.24) is 0 Å². The van der Waals surface area contributed by atoms with Crippen LogP contribution in [0.2, 0.25) is 0 Å². The molecule has 2 aliphatic rings. The van der Waals surface area contributed by atoms with E-state index in [0.29, 0.717) is 19.0 Å². The number of hydrogen-bond acceptors (Lipinski definition) is 5. The summed E-state index contributed by atoms with van der Waals surface area (Å²) in [6, 6.07) is 38.3. The van der Waals surface area contributed by atoms with E-state index in [1.54, 1.807) is 28.4 Å². The number of ether oxygens (including phenoxy) is 4. The Morgan fingerprint density at radius 1 is 0.534 bits per heavy atom. The van der Waals surface area contributed by atoms with Crippen LogP contribution in [-0.2, 0) is 30.2 Å². The van der Waals surface area contributed by atoms with Gasteiger partial charge in [0.1, 0.15) is 30.1 Å². The summed E-state index contributed by atoms with van der Waals surface area (Å²) in [6.07, 6.45) is 3.94. The highest BCUT2D eigenvalue weighted by molar-refractivity contribution is 7.79. The first-order valence-electron chi connectivity index (χ1n) is 20.4. The summed E-state index contributed by atoms with van der Waals surface area (Å²) < 4.78 is 41.8. The van der Waals surface area contributed by atoms with Gasteiger partial charge in [-0.25, -0.2) is 0 Å². The van der Waals surface area contributed by atoms with E-state index < -0.39 is 7.14 Å². The maximum Gasteiger partial charge on any atom is 0.144 e. The second-order valence-corrected chi connectivity index (χ2v) is 20.0. The van der Waals surface area contributed by atoms with Crippen molar-refractivity contribution < 1.29 is 23.5 Å². The van der Waals surface area contributed by atoms with Gasteiger partial charge in [0.25, 0.3) is 0 Å². The van der Waals surface area contributed by atoms with Gasteiger partial charge in [-0.05, 0) is 110 Å². The van der Waals surface area contributed by atoms with E-state index in [4.69, 9.17) is 18.9 Å². The molecular formula is C52H55O5P. The van der Waals surface area contributed by atoms with E-state index >= 15 is 4.57 Å². The normalized spacial score (nSPS) is 13.3. The van der Waals surface area contributed by atoms with E-state index in [2.05, 4.69) is 100 Å². The molecule has 0 fully saturated rings. The highest BCUT2D eigenvalue weighted by Crippen LogP contribution is 2.56. The van der Waals surface area contributed by atoms with Gasteiger partial charge < -0.3 is 23.5 Å². The number of hydrogen-bond donors (Lipinski definition) is 0. The SMILES string of the molecule is COc1cccc(OC)c1Cc1ccc2c(c1P(=O)(CC(C)CC(C)(C)C)c1c(Cc3c(OC)cccc3OC)ccc3c1Cc1ccccc1-3)Cc1ccccc1-2. The lowest BCUT2D eigenvalue weighted by atomic mass is 9.86. The van der Waals surface area contributed by atoms with Crippen LogP contribution >= 0.6 is 7.14 Å². The highest BCUT2D eigenvalue weighted by Gasteiger charge is 2.42. The minimum atomic E-state index is -3.51. The molecule has 298 valence electrons. The molecule has 5 nitrogen and oxygen atoms in total. The molecule has 6 aromatic carbocycles. The molecule has 0 aliphatic heterocycles. The van der Waals surface area contributed by atoms with E-state index in [0.717, 1.165) is 75.1 Å². The quantitative estimate of drug-likeness (QED) is 0.109. The fraction of sp³-hybridized carbons (Fsp3) is 0.308. The van der Waals surface area contributed by atoms with E-state index in [1.165, 1.54) is 44.5 Å². The van der Waals surface area contributed by atoms with Gasteiger partial charge in [0, 0.05) is 40.7 Å². The third-order valence-corrected chi connectivity index (χ3v) is 15.8. The van der Waals surface area contributed by atoms with Crippen molar-refractivity contribution in [3.05, 3.63) is 154 Å². The Kier molecular flexibility index (Phi) is 10.8. The molecule has 0 amide bonds. The molecule has 0 radical (unpaired) electrons. The lowest BCUT2D eigenvalue weighted by molar-refractivity contribution is 0.321. The summed E-state index contributed by atoms with van der Waals surface area (Å²) in [6.45, 7) is 9.18. The molecule has 0 N–H and O–H groups in total. The van der Waals surface area contributed by atoms with Gasteiger partial charge in [-0.3, -0.25) is 0 Å². The van der Waals surface area contributed by atoms with Crippen LogP contribution in [0, 0.1) is 11.3 Å². The zero-order valence-electron chi connectivity index (χ0n) is 35.2. The Bertz CT molecular complexity index is 2350. The van der Waals surface area contributed by atoms with E-state index in [1.807, 2.05) is 36.4 Å². The van der Waals surface area contributed by atoms with Crippen LogP contribution in [0.25, 0.3) is 22.3 Å². The first-order valence-corrected chi connectivity index (χ1v) is 22.3. The van der Waals surface area contributed by atoms with Gasteiger partial charge >= 0.3 is 0 Å². The molecule has 0 spiro atoms. The molecule has 58 heavy (non-hydrogen) atoms. The summed E-state index contributed by atoms with van der Waals surface area (Å²) in [7, 11) is 3.32. The predicted molar refractivity (Wildman–Crippen MR) is 239 cm³/mol. The van der Waals surface area contributed by atoms with Crippen molar-refractivity contribution in [2.45, 2.75) is 59.8 Å². The Morgan fingerprint density at radius 2 is 0.931 bits per heavy atom. The average molecular weight is 791 g/mol. The molecule has 0 heterocycles. The molecule has 1 atom stereocenters. The number of rotatable bonds is 13. The summed E-state index contributed by atoms with van der Waals surface area (Å²) in [4.78, 5) is 0. The molecule has 6 aromatic rings. The summed E-state index contributed by atoms with van der Waals surface area (Å²) in [5, 5.41) is 1.99. The Hall–Kier alpha value is -5.25. The minimum absolute atomic E-state index is 0.0508. The molecule has 0 saturated heterocycles. The first kappa shape index (κ1) is 39.6. The van der Waals surface area contributed by atoms with Gasteiger partial charge in [-0.2, -0.15) is 0 Å². The van der Waals surface area contributed by atoms with Gasteiger partial charge in [0.2, 0.25) is 0 Å². The Labute approximate surface area is 344 Å². The summed E-state index contributed by atoms with van der Waals surface area (Å²) >= 11 is 0. The number of fused-ring (bicyclic) bond motifs is 6. The third kappa shape index (κ3) is 7.13. The van der Waals surface area contributed by atoms with E-state index in [9.17, 15) is 0 Å². The summed E-state index contributed by atoms with van der Waals surface area (Å²) in [5.41, 5.74) is 13.7. The molecule has 0 bridgehead atoms. The first-order chi connectivity index (χ1) is 28.0. The Balaban J connectivity index is 1.47. The molecule has 1 unspecified atom stereocenters. The predicted octanol–water partition coefficient (Wildman–Crippen LogP) is 11.4. The van der Waals surface area contributed by atoms with Crippen molar-refractivity contribution in [1.29, 1.82) is 0 Å². The zero-order chi connectivity index (χ0) is 40.8. The fourth-order valence-corrected chi connectivity index (χ4v) is 14.2. The van der Waals surface area contributed by atoms with Gasteiger partial charge in [0.05, 0.1) is 28.4 Å². The molecule has 0 saturated carbocycles. The molecule has 8 rings (SSSR count). The van der Waals surface area contributed by atoms with Crippen molar-refractivity contribution in [3.8, 4) is 45.3 Å². The second-order valence-electron chi connectivity index (χ2n) is 17.3. The highest BCUT2D eigenvalue weighted by atomic mass is 31.2. The average Bonchev–Trinajstić information content (AvgIpc) is 3.78. The monoisotopic (exact) mass is 790 g/mol. The zero-order valence-corrected chi connectivity index (χ0v) is 36.1. The topological polar surface area (TPSA) is 54.0 Å². The van der Waals surface area contributed by atoms with Crippen molar-refractivity contribution >= 4 is 17.8 Å². The lowest BCUT2D eigenvalue weighted by Gasteiger charge is -2.33. The summed E-state index contributed by atoms with van der Waals surface area (Å²) in [5.74, 6) is 3.18. The van der Waals surface area contributed by atoms with Gasteiger partial charge in [-0.1, -0.05) is 113 Å². The molecule has 6 heteroatoms. The molecular weight excluding hydrogens is 736 g/mol. The van der Waals surface area contributed by atoms with Crippen LogP contribution in [0.1, 0.15) is 78.6 Å². The fourth-order valence-electron chi connectivity index (χ4n) is 10.1. The van der Waals surface area contributed by atoms with Crippen LogP contribution in [-0.4, -0.2) is 34.6 Å². The van der Waals surface area contributed by atoms with E-state index in [-0.39, 0.29) is 11.3 Å². The van der Waals surface area contributed by atoms with Crippen molar-refractivity contribution in [2.75, 3.05) is 34.6 Å². The van der Waals surface area contributed by atoms with Crippen LogP contribution in [0.5, 0.6) is 23.0 Å². The van der Waals surface area contributed by atoms with Crippen molar-refractivity contribution in [3.63, 3.8) is 0 Å². The van der Waals surface area contributed by atoms with Crippen LogP contribution in [0.4, 0.5) is 0 Å². The minimum Gasteiger partial charge on any atom is -0.496 e. The molecule has 2 aliphatic carbocycles. The number of methoxy groups -OCH3 is 4. The largest absolute Gasteiger partial charge is 0.496 e. The third-order valence-electron chi connectivity index (χ3n) is 12.1. The maximum atomic E-state index is 17.8. The second kappa shape index (κ2) is 15.8. The van der Waals surface area contributed by atoms with Crippen molar-refractivity contribution in [2.24, 2.45) is 11.3 Å². The van der Waals surface area contributed by atoms with Crippen LogP contribution < -0.4 is 29.6 Å². The maximum absolute atomic E-state index is 17.8. The van der Waals surface area contributed by atoms with Gasteiger partial charge in [0.15, 0.2) is 0 Å². The Morgan fingerprint density at radius 3 is 1.31 bits per heavy atom. The smallest absolute Gasteiger partial charge is 0.144 e.